The van der Waals surface area contributed by atoms with Crippen LogP contribution in [0.4, 0.5) is 8.78 Å². The van der Waals surface area contributed by atoms with Crippen molar-refractivity contribution in [1.29, 1.82) is 0 Å². The molecule has 0 saturated heterocycles. The number of rotatable bonds is 4. The first-order chi connectivity index (χ1) is 7.45. The van der Waals surface area contributed by atoms with E-state index in [1.807, 2.05) is 0 Å². The van der Waals surface area contributed by atoms with E-state index in [-0.39, 0.29) is 28.0 Å². The zero-order chi connectivity index (χ0) is 12.3. The number of ether oxygens (including phenoxy) is 1. The molecule has 0 radical (unpaired) electrons. The van der Waals surface area contributed by atoms with Crippen molar-refractivity contribution in [1.82, 2.24) is 4.98 Å². The summed E-state index contributed by atoms with van der Waals surface area (Å²) in [5, 5.41) is 8.60. The fourth-order valence-electron chi connectivity index (χ4n) is 1.12. The standard InChI is InChI=1S/C9H8BrF2NO3/c1-16-6-2-4(9(11)12)8(10)13-5(6)3-7(14)15/h2,9H,3H2,1H3,(H,14,15). The summed E-state index contributed by atoms with van der Waals surface area (Å²) in [6.07, 6.45) is -3.08. The minimum Gasteiger partial charge on any atom is -0.495 e. The molecular formula is C9H8BrF2NO3. The third-order valence-electron chi connectivity index (χ3n) is 1.82. The predicted octanol–water partition coefficient (Wildman–Crippen LogP) is 2.42. The number of methoxy groups -OCH3 is 1. The lowest BCUT2D eigenvalue weighted by Crippen LogP contribution is -2.06. The van der Waals surface area contributed by atoms with Gasteiger partial charge in [0.15, 0.2) is 0 Å². The van der Waals surface area contributed by atoms with Crippen LogP contribution < -0.4 is 4.74 Å². The molecule has 1 aromatic heterocycles. The molecule has 0 spiro atoms. The fraction of sp³-hybridized carbons (Fsp3) is 0.333. The van der Waals surface area contributed by atoms with Gasteiger partial charge < -0.3 is 9.84 Å². The van der Waals surface area contributed by atoms with Gasteiger partial charge in [0.2, 0.25) is 0 Å². The molecule has 1 heterocycles. The Labute approximate surface area is 98.4 Å². The third kappa shape index (κ3) is 2.88. The molecule has 0 bridgehead atoms. The number of aliphatic carboxylic acids is 1. The molecule has 0 fully saturated rings. The van der Waals surface area contributed by atoms with Crippen molar-refractivity contribution in [3.63, 3.8) is 0 Å². The number of hydrogen-bond donors (Lipinski definition) is 1. The normalized spacial score (nSPS) is 10.6. The Kier molecular flexibility index (Phi) is 4.17. The molecule has 0 aliphatic carbocycles. The number of carboxylic acid groups (broad SMARTS) is 1. The highest BCUT2D eigenvalue weighted by Crippen LogP contribution is 2.31. The molecule has 0 aliphatic rings. The third-order valence-corrected chi connectivity index (χ3v) is 2.45. The van der Waals surface area contributed by atoms with Crippen LogP contribution in [0.2, 0.25) is 0 Å². The molecule has 1 rings (SSSR count). The van der Waals surface area contributed by atoms with Crippen LogP contribution in [0, 0.1) is 0 Å². The molecule has 7 heteroatoms. The van der Waals surface area contributed by atoms with Gasteiger partial charge in [0.1, 0.15) is 10.4 Å². The van der Waals surface area contributed by atoms with Gasteiger partial charge in [-0.1, -0.05) is 0 Å². The summed E-state index contributed by atoms with van der Waals surface area (Å²) < 4.78 is 29.7. The van der Waals surface area contributed by atoms with Crippen LogP contribution in [-0.2, 0) is 11.2 Å². The van der Waals surface area contributed by atoms with E-state index in [1.54, 1.807) is 0 Å². The summed E-state index contributed by atoms with van der Waals surface area (Å²) in [4.78, 5) is 14.2. The van der Waals surface area contributed by atoms with Gasteiger partial charge >= 0.3 is 5.97 Å². The monoisotopic (exact) mass is 295 g/mol. The van der Waals surface area contributed by atoms with E-state index in [4.69, 9.17) is 9.84 Å². The van der Waals surface area contributed by atoms with Gasteiger partial charge in [-0.2, -0.15) is 0 Å². The molecule has 0 atom stereocenters. The van der Waals surface area contributed by atoms with E-state index in [0.717, 1.165) is 6.07 Å². The number of hydrogen-bond acceptors (Lipinski definition) is 3. The second-order valence-electron chi connectivity index (χ2n) is 2.89. The van der Waals surface area contributed by atoms with Crippen molar-refractivity contribution >= 4 is 21.9 Å². The molecule has 4 nitrogen and oxygen atoms in total. The van der Waals surface area contributed by atoms with Crippen LogP contribution >= 0.6 is 15.9 Å². The van der Waals surface area contributed by atoms with Crippen LogP contribution in [0.1, 0.15) is 17.7 Å². The molecule has 0 unspecified atom stereocenters. The quantitative estimate of drug-likeness (QED) is 0.867. The lowest BCUT2D eigenvalue weighted by atomic mass is 10.2. The molecular weight excluding hydrogens is 288 g/mol. The van der Waals surface area contributed by atoms with E-state index < -0.39 is 12.4 Å². The van der Waals surface area contributed by atoms with E-state index in [0.29, 0.717) is 0 Å². The highest BCUT2D eigenvalue weighted by atomic mass is 79.9. The number of nitrogens with zero attached hydrogens (tertiary/aromatic N) is 1. The van der Waals surface area contributed by atoms with Crippen molar-refractivity contribution in [3.05, 3.63) is 21.9 Å². The van der Waals surface area contributed by atoms with Gasteiger partial charge in [-0.3, -0.25) is 4.79 Å². The minimum atomic E-state index is -2.70. The second-order valence-corrected chi connectivity index (χ2v) is 3.64. The SMILES string of the molecule is COc1cc(C(F)F)c(Br)nc1CC(=O)O. The number of alkyl halides is 2. The maximum atomic E-state index is 12.5. The number of carbonyl (C=O) groups is 1. The van der Waals surface area contributed by atoms with Gasteiger partial charge in [0, 0.05) is 0 Å². The largest absolute Gasteiger partial charge is 0.495 e. The Morgan fingerprint density at radius 2 is 2.31 bits per heavy atom. The Morgan fingerprint density at radius 3 is 2.75 bits per heavy atom. The smallest absolute Gasteiger partial charge is 0.309 e. The Bertz CT molecular complexity index is 412. The molecule has 0 amide bonds. The van der Waals surface area contributed by atoms with Gasteiger partial charge in [0.25, 0.3) is 6.43 Å². The average molecular weight is 296 g/mol. The first kappa shape index (κ1) is 12.8. The fourth-order valence-corrected chi connectivity index (χ4v) is 1.62. The summed E-state index contributed by atoms with van der Waals surface area (Å²) in [6.45, 7) is 0. The number of pyridine rings is 1. The Hall–Kier alpha value is -1.24. The first-order valence-electron chi connectivity index (χ1n) is 4.19. The zero-order valence-electron chi connectivity index (χ0n) is 8.21. The van der Waals surface area contributed by atoms with Gasteiger partial charge in [0.05, 0.1) is 24.8 Å². The maximum absolute atomic E-state index is 12.5. The van der Waals surface area contributed by atoms with E-state index >= 15 is 0 Å². The van der Waals surface area contributed by atoms with Crippen molar-refractivity contribution in [2.45, 2.75) is 12.8 Å². The highest BCUT2D eigenvalue weighted by molar-refractivity contribution is 9.10. The topological polar surface area (TPSA) is 59.4 Å². The molecule has 0 aliphatic heterocycles. The summed E-state index contributed by atoms with van der Waals surface area (Å²) in [6, 6.07) is 1.08. The van der Waals surface area contributed by atoms with Crippen LogP contribution in [0.5, 0.6) is 5.75 Å². The highest BCUT2D eigenvalue weighted by Gasteiger charge is 2.18. The molecule has 1 N–H and O–H groups in total. The summed E-state index contributed by atoms with van der Waals surface area (Å²) in [5.41, 5.74) is -0.225. The predicted molar refractivity (Wildman–Crippen MR) is 54.8 cm³/mol. The lowest BCUT2D eigenvalue weighted by molar-refractivity contribution is -0.136. The molecule has 0 saturated carbocycles. The Balaban J connectivity index is 3.20. The van der Waals surface area contributed by atoms with Crippen LogP contribution in [0.25, 0.3) is 0 Å². The molecule has 16 heavy (non-hydrogen) atoms. The van der Waals surface area contributed by atoms with Crippen LogP contribution in [0.3, 0.4) is 0 Å². The second kappa shape index (κ2) is 5.20. The lowest BCUT2D eigenvalue weighted by Gasteiger charge is -2.10. The molecule has 1 aromatic rings. The number of carboxylic acids is 1. The van der Waals surface area contributed by atoms with E-state index in [1.165, 1.54) is 7.11 Å². The minimum absolute atomic E-state index is 0.0425. The first-order valence-corrected chi connectivity index (χ1v) is 4.98. The summed E-state index contributed by atoms with van der Waals surface area (Å²) >= 11 is 2.86. The van der Waals surface area contributed by atoms with Gasteiger partial charge in [-0.05, 0) is 22.0 Å². The maximum Gasteiger partial charge on any atom is 0.309 e. The van der Waals surface area contributed by atoms with Crippen molar-refractivity contribution in [2.24, 2.45) is 0 Å². The van der Waals surface area contributed by atoms with Gasteiger partial charge in [-0.25, -0.2) is 13.8 Å². The van der Waals surface area contributed by atoms with Crippen LogP contribution in [-0.4, -0.2) is 23.2 Å². The van der Waals surface area contributed by atoms with Gasteiger partial charge in [-0.15, -0.1) is 0 Å². The number of halogens is 3. The van der Waals surface area contributed by atoms with Crippen molar-refractivity contribution in [2.75, 3.05) is 7.11 Å². The van der Waals surface area contributed by atoms with E-state index in [9.17, 15) is 13.6 Å². The number of aromatic nitrogens is 1. The van der Waals surface area contributed by atoms with E-state index in [2.05, 4.69) is 20.9 Å². The molecule has 88 valence electrons. The summed E-state index contributed by atoms with van der Waals surface area (Å²) in [5.74, 6) is -1.07. The van der Waals surface area contributed by atoms with Crippen LogP contribution in [0.15, 0.2) is 10.7 Å². The zero-order valence-corrected chi connectivity index (χ0v) is 9.79. The Morgan fingerprint density at radius 1 is 1.69 bits per heavy atom. The molecule has 0 aromatic carbocycles. The average Bonchev–Trinajstić information content (AvgIpc) is 2.16. The van der Waals surface area contributed by atoms with Crippen molar-refractivity contribution < 1.29 is 23.4 Å². The van der Waals surface area contributed by atoms with Crippen molar-refractivity contribution in [3.8, 4) is 5.75 Å². The summed E-state index contributed by atoms with van der Waals surface area (Å²) in [7, 11) is 1.27.